The SMILES string of the molecule is CCNC(=O)c1cc(OC)cc(OC)c1N. The van der Waals surface area contributed by atoms with Crippen molar-refractivity contribution in [1.29, 1.82) is 0 Å². The third kappa shape index (κ3) is 2.36. The van der Waals surface area contributed by atoms with Gasteiger partial charge < -0.3 is 20.5 Å². The van der Waals surface area contributed by atoms with Crippen molar-refractivity contribution in [2.24, 2.45) is 0 Å². The zero-order chi connectivity index (χ0) is 12.1. The van der Waals surface area contributed by atoms with Crippen LogP contribution in [-0.2, 0) is 0 Å². The summed E-state index contributed by atoms with van der Waals surface area (Å²) < 4.78 is 10.1. The van der Waals surface area contributed by atoms with Crippen LogP contribution in [0, 0.1) is 0 Å². The van der Waals surface area contributed by atoms with Crippen molar-refractivity contribution in [2.75, 3.05) is 26.5 Å². The van der Waals surface area contributed by atoms with Crippen LogP contribution in [0.15, 0.2) is 12.1 Å². The minimum absolute atomic E-state index is 0.239. The number of carbonyl (C=O) groups is 1. The molecule has 0 saturated carbocycles. The fourth-order valence-corrected chi connectivity index (χ4v) is 1.33. The molecule has 0 saturated heterocycles. The smallest absolute Gasteiger partial charge is 0.253 e. The molecule has 5 heteroatoms. The molecule has 1 rings (SSSR count). The minimum Gasteiger partial charge on any atom is -0.497 e. The van der Waals surface area contributed by atoms with Crippen LogP contribution in [0.4, 0.5) is 5.69 Å². The van der Waals surface area contributed by atoms with E-state index in [9.17, 15) is 4.79 Å². The van der Waals surface area contributed by atoms with Crippen LogP contribution >= 0.6 is 0 Å². The van der Waals surface area contributed by atoms with Gasteiger partial charge in [-0.15, -0.1) is 0 Å². The molecule has 0 aliphatic carbocycles. The molecule has 3 N–H and O–H groups in total. The molecule has 1 aromatic carbocycles. The van der Waals surface area contributed by atoms with Crippen molar-refractivity contribution in [2.45, 2.75) is 6.92 Å². The zero-order valence-corrected chi connectivity index (χ0v) is 9.66. The highest BCUT2D eigenvalue weighted by Gasteiger charge is 2.14. The fourth-order valence-electron chi connectivity index (χ4n) is 1.33. The molecule has 0 spiro atoms. The number of anilines is 1. The summed E-state index contributed by atoms with van der Waals surface area (Å²) in [6.07, 6.45) is 0. The number of amides is 1. The van der Waals surface area contributed by atoms with Gasteiger partial charge >= 0.3 is 0 Å². The normalized spacial score (nSPS) is 9.69. The van der Waals surface area contributed by atoms with E-state index in [0.717, 1.165) is 0 Å². The van der Waals surface area contributed by atoms with Gasteiger partial charge in [0, 0.05) is 12.6 Å². The Morgan fingerprint density at radius 2 is 2.06 bits per heavy atom. The first kappa shape index (κ1) is 12.2. The van der Waals surface area contributed by atoms with Gasteiger partial charge in [-0.2, -0.15) is 0 Å². The minimum atomic E-state index is -0.239. The molecule has 0 radical (unpaired) electrons. The first-order valence-corrected chi connectivity index (χ1v) is 4.93. The molecule has 1 amide bonds. The van der Waals surface area contributed by atoms with Crippen LogP contribution in [0.1, 0.15) is 17.3 Å². The number of nitrogens with two attached hydrogens (primary N) is 1. The second-order valence-corrected chi connectivity index (χ2v) is 3.15. The average molecular weight is 224 g/mol. The number of hydrogen-bond donors (Lipinski definition) is 2. The van der Waals surface area contributed by atoms with E-state index in [4.69, 9.17) is 15.2 Å². The average Bonchev–Trinajstić information content (AvgIpc) is 2.29. The summed E-state index contributed by atoms with van der Waals surface area (Å²) in [5.74, 6) is 0.727. The summed E-state index contributed by atoms with van der Waals surface area (Å²) in [6.45, 7) is 2.38. The van der Waals surface area contributed by atoms with Crippen molar-refractivity contribution in [3.63, 3.8) is 0 Å². The second-order valence-electron chi connectivity index (χ2n) is 3.15. The number of rotatable bonds is 4. The maximum absolute atomic E-state index is 11.7. The molecule has 0 atom stereocenters. The van der Waals surface area contributed by atoms with Gasteiger partial charge in [0.25, 0.3) is 5.91 Å². The van der Waals surface area contributed by atoms with Gasteiger partial charge in [-0.3, -0.25) is 4.79 Å². The van der Waals surface area contributed by atoms with Gasteiger partial charge in [0.1, 0.15) is 11.5 Å². The lowest BCUT2D eigenvalue weighted by Gasteiger charge is -2.12. The molecule has 0 aliphatic rings. The quantitative estimate of drug-likeness (QED) is 0.749. The first-order chi connectivity index (χ1) is 7.63. The third-order valence-electron chi connectivity index (χ3n) is 2.15. The maximum atomic E-state index is 11.7. The fraction of sp³-hybridized carbons (Fsp3) is 0.364. The van der Waals surface area contributed by atoms with Crippen molar-refractivity contribution < 1.29 is 14.3 Å². The van der Waals surface area contributed by atoms with Gasteiger partial charge in [0.2, 0.25) is 0 Å². The molecule has 0 fully saturated rings. The Hall–Kier alpha value is -1.91. The zero-order valence-electron chi connectivity index (χ0n) is 9.66. The predicted molar refractivity (Wildman–Crippen MR) is 62.0 cm³/mol. The Morgan fingerprint density at radius 3 is 2.56 bits per heavy atom. The highest BCUT2D eigenvalue weighted by Crippen LogP contribution is 2.30. The molecule has 5 nitrogen and oxygen atoms in total. The van der Waals surface area contributed by atoms with Crippen molar-refractivity contribution in [3.8, 4) is 11.5 Å². The molecular weight excluding hydrogens is 208 g/mol. The molecule has 1 aromatic rings. The monoisotopic (exact) mass is 224 g/mol. The molecule has 0 unspecified atom stereocenters. The maximum Gasteiger partial charge on any atom is 0.253 e. The Balaban J connectivity index is 3.20. The van der Waals surface area contributed by atoms with E-state index < -0.39 is 0 Å². The molecule has 0 bridgehead atoms. The Bertz CT molecular complexity index is 391. The van der Waals surface area contributed by atoms with Crippen LogP contribution in [0.5, 0.6) is 11.5 Å². The molecule has 0 aliphatic heterocycles. The summed E-state index contributed by atoms with van der Waals surface area (Å²) >= 11 is 0. The van der Waals surface area contributed by atoms with Crippen molar-refractivity contribution in [1.82, 2.24) is 5.32 Å². The van der Waals surface area contributed by atoms with E-state index in [1.165, 1.54) is 14.2 Å². The lowest BCUT2D eigenvalue weighted by atomic mass is 10.1. The van der Waals surface area contributed by atoms with Crippen molar-refractivity contribution >= 4 is 11.6 Å². The summed E-state index contributed by atoms with van der Waals surface area (Å²) in [5, 5.41) is 2.68. The molecule has 0 heterocycles. The number of methoxy groups -OCH3 is 2. The van der Waals surface area contributed by atoms with Gasteiger partial charge in [-0.1, -0.05) is 0 Å². The van der Waals surface area contributed by atoms with Crippen LogP contribution in [0.3, 0.4) is 0 Å². The van der Waals surface area contributed by atoms with Gasteiger partial charge in [-0.25, -0.2) is 0 Å². The first-order valence-electron chi connectivity index (χ1n) is 4.93. The summed E-state index contributed by atoms with van der Waals surface area (Å²) in [4.78, 5) is 11.7. The van der Waals surface area contributed by atoms with Crippen LogP contribution in [0.25, 0.3) is 0 Å². The lowest BCUT2D eigenvalue weighted by Crippen LogP contribution is -2.23. The topological polar surface area (TPSA) is 73.6 Å². The summed E-state index contributed by atoms with van der Waals surface area (Å²) in [7, 11) is 3.01. The lowest BCUT2D eigenvalue weighted by molar-refractivity contribution is 0.0956. The number of nitrogens with one attached hydrogen (secondary N) is 1. The number of ether oxygens (including phenoxy) is 2. The number of hydrogen-bond acceptors (Lipinski definition) is 4. The van der Waals surface area contributed by atoms with Crippen LogP contribution < -0.4 is 20.5 Å². The third-order valence-corrected chi connectivity index (χ3v) is 2.15. The largest absolute Gasteiger partial charge is 0.497 e. The second kappa shape index (κ2) is 5.25. The van der Waals surface area contributed by atoms with Crippen LogP contribution in [-0.4, -0.2) is 26.7 Å². The van der Waals surface area contributed by atoms with E-state index in [1.54, 1.807) is 12.1 Å². The van der Waals surface area contributed by atoms with E-state index in [-0.39, 0.29) is 5.91 Å². The van der Waals surface area contributed by atoms with E-state index in [0.29, 0.717) is 29.3 Å². The number of benzene rings is 1. The Morgan fingerprint density at radius 1 is 1.38 bits per heavy atom. The molecule has 0 aromatic heterocycles. The van der Waals surface area contributed by atoms with Gasteiger partial charge in [0.05, 0.1) is 25.5 Å². The van der Waals surface area contributed by atoms with Gasteiger partial charge in [0.15, 0.2) is 0 Å². The molecule has 88 valence electrons. The molecule has 16 heavy (non-hydrogen) atoms. The standard InChI is InChI=1S/C11H16N2O3/c1-4-13-11(14)8-5-7(15-2)6-9(16-3)10(8)12/h5-6H,4,12H2,1-3H3,(H,13,14). The van der Waals surface area contributed by atoms with Gasteiger partial charge in [-0.05, 0) is 13.0 Å². The highest BCUT2D eigenvalue weighted by molar-refractivity contribution is 6.00. The van der Waals surface area contributed by atoms with Crippen molar-refractivity contribution in [3.05, 3.63) is 17.7 Å². The van der Waals surface area contributed by atoms with E-state index >= 15 is 0 Å². The predicted octanol–water partition coefficient (Wildman–Crippen LogP) is 1.04. The highest BCUT2D eigenvalue weighted by atomic mass is 16.5. The molecular formula is C11H16N2O3. The number of nitrogen functional groups attached to an aromatic ring is 1. The Kier molecular flexibility index (Phi) is 3.99. The number of carbonyl (C=O) groups excluding carboxylic acids is 1. The summed E-state index contributed by atoms with van der Waals surface area (Å²) in [6, 6.07) is 3.22. The summed E-state index contributed by atoms with van der Waals surface area (Å²) in [5.41, 5.74) is 6.48. The van der Waals surface area contributed by atoms with Crippen LogP contribution in [0.2, 0.25) is 0 Å². The Labute approximate surface area is 94.5 Å². The van der Waals surface area contributed by atoms with E-state index in [1.807, 2.05) is 6.92 Å². The van der Waals surface area contributed by atoms with E-state index in [2.05, 4.69) is 5.32 Å².